The van der Waals surface area contributed by atoms with Gasteiger partial charge in [-0.1, -0.05) is 12.1 Å². The minimum atomic E-state index is -5.08. The van der Waals surface area contributed by atoms with Gasteiger partial charge in [-0.2, -0.15) is 13.2 Å². The number of fused-ring (bicyclic) bond motifs is 1. The van der Waals surface area contributed by atoms with Gasteiger partial charge in [0.2, 0.25) is 5.95 Å². The number of aliphatic carboxylic acids is 1. The van der Waals surface area contributed by atoms with Gasteiger partial charge in [0, 0.05) is 10.9 Å². The van der Waals surface area contributed by atoms with Crippen LogP contribution in [0, 0.1) is 0 Å². The number of carbonyl (C=O) groups is 2. The standard InChI is InChI=1S/C19H19BrF2N6O.C2HF3O2/c20-12-4-1-2-5-13(12)25-17(29)15-8-7-11-10-24-18(27-28(11)15)26-14-6-3-9-19(21,22)16(14)23;3-2(4,5)1(6)7/h1-2,4-5,7-8,10,14,16H,3,6,9,23H2,(H,25,29)(H,26,27);(H,6,7)/t14-,16-;/m1./s1. The molecule has 0 aliphatic heterocycles. The molecule has 5 N–H and O–H groups in total. The van der Waals surface area contributed by atoms with Crippen LogP contribution in [-0.2, 0) is 4.79 Å². The summed E-state index contributed by atoms with van der Waals surface area (Å²) in [5.41, 5.74) is 7.25. The molecule has 1 amide bonds. The zero-order chi connectivity index (χ0) is 26.7. The fraction of sp³-hybridized carbons (Fsp3) is 0.333. The Bertz CT molecular complexity index is 1250. The Balaban J connectivity index is 0.000000454. The lowest BCUT2D eigenvalue weighted by molar-refractivity contribution is -0.192. The van der Waals surface area contributed by atoms with E-state index in [4.69, 9.17) is 15.6 Å². The quantitative estimate of drug-likeness (QED) is 0.339. The highest BCUT2D eigenvalue weighted by molar-refractivity contribution is 9.10. The summed E-state index contributed by atoms with van der Waals surface area (Å²) in [6, 6.07) is 8.60. The van der Waals surface area contributed by atoms with Crippen molar-refractivity contribution >= 4 is 45.0 Å². The minimum absolute atomic E-state index is 0.141. The molecule has 3 aromatic rings. The lowest BCUT2D eigenvalue weighted by Crippen LogP contribution is -2.55. The molecule has 4 rings (SSSR count). The van der Waals surface area contributed by atoms with Gasteiger partial charge in [0.05, 0.1) is 29.5 Å². The fourth-order valence-electron chi connectivity index (χ4n) is 3.41. The van der Waals surface area contributed by atoms with Crippen LogP contribution in [0.3, 0.4) is 0 Å². The number of aromatic nitrogens is 3. The summed E-state index contributed by atoms with van der Waals surface area (Å²) in [5.74, 6) is -5.90. The van der Waals surface area contributed by atoms with Crippen molar-refractivity contribution in [1.29, 1.82) is 0 Å². The van der Waals surface area contributed by atoms with Crippen LogP contribution in [0.15, 0.2) is 47.1 Å². The largest absolute Gasteiger partial charge is 0.490 e. The summed E-state index contributed by atoms with van der Waals surface area (Å²) < 4.78 is 61.7. The molecule has 2 heterocycles. The van der Waals surface area contributed by atoms with E-state index in [2.05, 4.69) is 36.6 Å². The summed E-state index contributed by atoms with van der Waals surface area (Å²) in [4.78, 5) is 25.8. The third-order valence-corrected chi connectivity index (χ3v) is 5.95. The molecule has 9 nitrogen and oxygen atoms in total. The zero-order valence-corrected chi connectivity index (χ0v) is 19.9. The first-order chi connectivity index (χ1) is 16.8. The first kappa shape index (κ1) is 27.3. The van der Waals surface area contributed by atoms with Crippen LogP contribution in [0.2, 0.25) is 0 Å². The van der Waals surface area contributed by atoms with E-state index in [1.54, 1.807) is 18.2 Å². The molecule has 1 aliphatic rings. The van der Waals surface area contributed by atoms with Crippen molar-refractivity contribution in [3.63, 3.8) is 0 Å². The Kier molecular flexibility index (Phi) is 8.13. The SMILES string of the molecule is N[C@@H]1[C@H](Nc2ncc3ccc(C(=O)Nc4ccccc4Br)n3n2)CCCC1(F)F.O=C(O)C(F)(F)F. The van der Waals surface area contributed by atoms with E-state index in [-0.39, 0.29) is 18.3 Å². The highest BCUT2D eigenvalue weighted by Gasteiger charge is 2.45. The molecular weight excluding hydrogens is 559 g/mol. The number of nitrogens with one attached hydrogen (secondary N) is 2. The van der Waals surface area contributed by atoms with Crippen LogP contribution < -0.4 is 16.4 Å². The van der Waals surface area contributed by atoms with E-state index in [0.29, 0.717) is 29.7 Å². The predicted octanol–water partition coefficient (Wildman–Crippen LogP) is 4.30. The van der Waals surface area contributed by atoms with Gasteiger partial charge in [0.15, 0.2) is 0 Å². The van der Waals surface area contributed by atoms with Crippen LogP contribution in [0.25, 0.3) is 5.52 Å². The van der Waals surface area contributed by atoms with Gasteiger partial charge in [-0.05, 0) is 53.0 Å². The summed E-state index contributed by atoms with van der Waals surface area (Å²) in [7, 11) is 0. The van der Waals surface area contributed by atoms with Crippen LogP contribution in [0.4, 0.5) is 33.6 Å². The number of hydrogen-bond donors (Lipinski definition) is 4. The number of para-hydroxylation sites is 1. The molecule has 0 unspecified atom stereocenters. The molecule has 0 bridgehead atoms. The average molecular weight is 579 g/mol. The lowest BCUT2D eigenvalue weighted by atomic mass is 9.87. The fourth-order valence-corrected chi connectivity index (χ4v) is 3.80. The van der Waals surface area contributed by atoms with Gasteiger partial charge in [-0.3, -0.25) is 4.79 Å². The molecule has 1 aliphatic carbocycles. The van der Waals surface area contributed by atoms with E-state index in [9.17, 15) is 26.7 Å². The smallest absolute Gasteiger partial charge is 0.475 e. The van der Waals surface area contributed by atoms with Crippen molar-refractivity contribution in [1.82, 2.24) is 14.6 Å². The molecule has 0 saturated heterocycles. The van der Waals surface area contributed by atoms with Crippen LogP contribution in [0.5, 0.6) is 0 Å². The Morgan fingerprint density at radius 3 is 2.50 bits per heavy atom. The summed E-state index contributed by atoms with van der Waals surface area (Å²) >= 11 is 3.39. The lowest BCUT2D eigenvalue weighted by Gasteiger charge is -2.35. The molecular formula is C21H20BrF5N6O3. The van der Waals surface area contributed by atoms with E-state index in [1.807, 2.05) is 18.2 Å². The Labute approximate surface area is 209 Å². The number of hydrogen-bond acceptors (Lipinski definition) is 6. The third-order valence-electron chi connectivity index (χ3n) is 5.26. The molecule has 0 radical (unpaired) electrons. The number of anilines is 2. The van der Waals surface area contributed by atoms with Gasteiger partial charge in [-0.15, -0.1) is 5.10 Å². The second-order valence-corrected chi connectivity index (χ2v) is 8.66. The van der Waals surface area contributed by atoms with E-state index < -0.39 is 30.2 Å². The van der Waals surface area contributed by atoms with Crippen molar-refractivity contribution in [2.45, 2.75) is 43.4 Å². The highest BCUT2D eigenvalue weighted by Crippen LogP contribution is 2.33. The summed E-state index contributed by atoms with van der Waals surface area (Å²) in [5, 5.41) is 17.2. The number of carboxylic acids is 1. The van der Waals surface area contributed by atoms with E-state index >= 15 is 0 Å². The average Bonchev–Trinajstić information content (AvgIpc) is 3.22. The molecule has 36 heavy (non-hydrogen) atoms. The topological polar surface area (TPSA) is 135 Å². The normalized spacial score (nSPS) is 19.2. The number of halogens is 6. The molecule has 2 atom stereocenters. The van der Waals surface area contributed by atoms with Gasteiger partial charge < -0.3 is 21.5 Å². The number of rotatable bonds is 4. The summed E-state index contributed by atoms with van der Waals surface area (Å²) in [6.07, 6.45) is -2.91. The molecule has 15 heteroatoms. The van der Waals surface area contributed by atoms with Crippen molar-refractivity contribution in [3.8, 4) is 0 Å². The second kappa shape index (κ2) is 10.7. The molecule has 1 aromatic carbocycles. The number of carboxylic acid groups (broad SMARTS) is 1. The third kappa shape index (κ3) is 6.46. The first-order valence-corrected chi connectivity index (χ1v) is 11.2. The molecule has 1 fully saturated rings. The maximum Gasteiger partial charge on any atom is 0.490 e. The maximum atomic E-state index is 13.9. The maximum absolute atomic E-state index is 13.9. The van der Waals surface area contributed by atoms with Gasteiger partial charge in [-0.25, -0.2) is 23.1 Å². The summed E-state index contributed by atoms with van der Waals surface area (Å²) in [6.45, 7) is 0. The van der Waals surface area contributed by atoms with Crippen molar-refractivity contribution in [2.24, 2.45) is 5.73 Å². The Morgan fingerprint density at radius 2 is 1.86 bits per heavy atom. The van der Waals surface area contributed by atoms with Gasteiger partial charge in [0.25, 0.3) is 11.8 Å². The van der Waals surface area contributed by atoms with Crippen molar-refractivity contribution in [3.05, 3.63) is 52.8 Å². The number of benzene rings is 1. The van der Waals surface area contributed by atoms with Gasteiger partial charge in [0.1, 0.15) is 5.69 Å². The van der Waals surface area contributed by atoms with Crippen LogP contribution in [-0.4, -0.2) is 55.8 Å². The number of alkyl halides is 5. The first-order valence-electron chi connectivity index (χ1n) is 10.4. The number of nitrogens with two attached hydrogens (primary N) is 1. The van der Waals surface area contributed by atoms with Crippen molar-refractivity contribution < 1.29 is 36.6 Å². The predicted molar refractivity (Wildman–Crippen MR) is 123 cm³/mol. The zero-order valence-electron chi connectivity index (χ0n) is 18.3. The molecule has 2 aromatic heterocycles. The molecule has 1 saturated carbocycles. The molecule has 194 valence electrons. The van der Waals surface area contributed by atoms with E-state index in [0.717, 1.165) is 4.47 Å². The number of nitrogens with zero attached hydrogens (tertiary/aromatic N) is 3. The van der Waals surface area contributed by atoms with Crippen LogP contribution in [0.1, 0.15) is 29.8 Å². The Hall–Kier alpha value is -3.33. The number of carbonyl (C=O) groups excluding carboxylic acids is 1. The monoisotopic (exact) mass is 578 g/mol. The highest BCUT2D eigenvalue weighted by atomic mass is 79.9. The van der Waals surface area contributed by atoms with Crippen LogP contribution >= 0.6 is 15.9 Å². The van der Waals surface area contributed by atoms with Crippen molar-refractivity contribution in [2.75, 3.05) is 10.6 Å². The van der Waals surface area contributed by atoms with E-state index in [1.165, 1.54) is 10.7 Å². The minimum Gasteiger partial charge on any atom is -0.475 e. The number of amides is 1. The second-order valence-electron chi connectivity index (χ2n) is 7.80. The molecule has 0 spiro atoms. The Morgan fingerprint density at radius 1 is 1.19 bits per heavy atom. The van der Waals surface area contributed by atoms with Gasteiger partial charge >= 0.3 is 12.1 Å².